The Morgan fingerprint density at radius 3 is 2.60 bits per heavy atom. The highest BCUT2D eigenvalue weighted by Gasteiger charge is 2.17. The van der Waals surface area contributed by atoms with E-state index in [-0.39, 0.29) is 17.1 Å². The Kier molecular flexibility index (Phi) is 4.32. The molecule has 0 unspecified atom stereocenters. The average molecular weight is 311 g/mol. The van der Waals surface area contributed by atoms with Crippen LogP contribution in [0.25, 0.3) is 0 Å². The van der Waals surface area contributed by atoms with Crippen LogP contribution in [0.4, 0.5) is 5.69 Å². The van der Waals surface area contributed by atoms with E-state index in [1.807, 2.05) is 31.2 Å². The first-order valence-corrected chi connectivity index (χ1v) is 7.85. The van der Waals surface area contributed by atoms with Crippen molar-refractivity contribution in [3.63, 3.8) is 0 Å². The predicted octanol–water partition coefficient (Wildman–Crippen LogP) is 2.71. The summed E-state index contributed by atoms with van der Waals surface area (Å²) in [6.45, 7) is 2.17. The molecule has 2 rings (SSSR count). The minimum atomic E-state index is -3.65. The molecule has 2 aromatic rings. The third-order valence-corrected chi connectivity index (χ3v) is 4.52. The number of aryl methyl sites for hydroxylation is 1. The summed E-state index contributed by atoms with van der Waals surface area (Å²) in [4.78, 5) is 0.0366. The van der Waals surface area contributed by atoms with Gasteiger partial charge in [-0.25, -0.2) is 13.1 Å². The highest BCUT2D eigenvalue weighted by Crippen LogP contribution is 2.22. The van der Waals surface area contributed by atoms with E-state index in [0.717, 1.165) is 11.1 Å². The summed E-state index contributed by atoms with van der Waals surface area (Å²) in [6.07, 6.45) is 0. The second-order valence-corrected chi connectivity index (χ2v) is 6.67. The Bertz CT molecular complexity index is 730. The minimum Gasteiger partial charge on any atom is -0.398 e. The third kappa shape index (κ3) is 3.50. The summed E-state index contributed by atoms with van der Waals surface area (Å²) < 4.78 is 26.9. The Hall–Kier alpha value is -1.56. The molecule has 106 valence electrons. The van der Waals surface area contributed by atoms with E-state index in [1.54, 1.807) is 0 Å². The van der Waals surface area contributed by atoms with Crippen molar-refractivity contribution in [1.82, 2.24) is 4.72 Å². The van der Waals surface area contributed by atoms with Crippen molar-refractivity contribution in [3.05, 3.63) is 58.6 Å². The molecule has 6 heteroatoms. The fourth-order valence-electron chi connectivity index (χ4n) is 1.84. The lowest BCUT2D eigenvalue weighted by Crippen LogP contribution is -2.24. The number of nitrogen functional groups attached to an aromatic ring is 1. The normalized spacial score (nSPS) is 11.5. The minimum absolute atomic E-state index is 0.0366. The Morgan fingerprint density at radius 2 is 1.95 bits per heavy atom. The molecule has 0 aliphatic rings. The number of hydrogen-bond donors (Lipinski definition) is 2. The molecule has 0 atom stereocenters. The largest absolute Gasteiger partial charge is 0.398 e. The highest BCUT2D eigenvalue weighted by atomic mass is 35.5. The lowest BCUT2D eigenvalue weighted by atomic mass is 10.1. The van der Waals surface area contributed by atoms with Crippen LogP contribution < -0.4 is 10.5 Å². The second kappa shape index (κ2) is 5.83. The molecular formula is C14H15ClN2O2S. The van der Waals surface area contributed by atoms with Crippen LogP contribution in [0, 0.1) is 6.92 Å². The van der Waals surface area contributed by atoms with Crippen LogP contribution in [0.1, 0.15) is 11.1 Å². The van der Waals surface area contributed by atoms with Crippen molar-refractivity contribution in [2.75, 3.05) is 5.73 Å². The number of hydrogen-bond acceptors (Lipinski definition) is 3. The van der Waals surface area contributed by atoms with Gasteiger partial charge in [-0.2, -0.15) is 0 Å². The van der Waals surface area contributed by atoms with Crippen molar-refractivity contribution < 1.29 is 8.42 Å². The third-order valence-electron chi connectivity index (χ3n) is 2.81. The van der Waals surface area contributed by atoms with E-state index in [9.17, 15) is 8.42 Å². The van der Waals surface area contributed by atoms with Crippen LogP contribution in [0.15, 0.2) is 47.4 Å². The van der Waals surface area contributed by atoms with Crippen LogP contribution in [0.2, 0.25) is 5.02 Å². The van der Waals surface area contributed by atoms with Gasteiger partial charge in [0.05, 0.1) is 5.69 Å². The molecule has 4 nitrogen and oxygen atoms in total. The molecule has 0 saturated carbocycles. The first kappa shape index (κ1) is 14.8. The molecule has 3 N–H and O–H groups in total. The molecule has 20 heavy (non-hydrogen) atoms. The summed E-state index contributed by atoms with van der Waals surface area (Å²) in [6, 6.07) is 11.9. The molecule has 0 aliphatic carbocycles. The van der Waals surface area contributed by atoms with E-state index in [2.05, 4.69) is 4.72 Å². The number of nitrogens with two attached hydrogens (primary N) is 1. The van der Waals surface area contributed by atoms with Crippen LogP contribution in [0.5, 0.6) is 0 Å². The summed E-state index contributed by atoms with van der Waals surface area (Å²) in [7, 11) is -3.65. The molecule has 0 radical (unpaired) electrons. The van der Waals surface area contributed by atoms with Crippen molar-refractivity contribution in [2.24, 2.45) is 0 Å². The SMILES string of the molecule is Cc1cccc(CNS(=O)(=O)c2ccc(Cl)cc2N)c1. The maximum absolute atomic E-state index is 12.2. The van der Waals surface area contributed by atoms with Gasteiger partial charge in [0.2, 0.25) is 10.0 Å². The summed E-state index contributed by atoms with van der Waals surface area (Å²) in [5.74, 6) is 0. The molecule has 2 aromatic carbocycles. The lowest BCUT2D eigenvalue weighted by molar-refractivity contribution is 0.581. The average Bonchev–Trinajstić information content (AvgIpc) is 2.36. The van der Waals surface area contributed by atoms with Gasteiger partial charge in [0.1, 0.15) is 4.90 Å². The number of halogens is 1. The van der Waals surface area contributed by atoms with Gasteiger partial charge in [-0.1, -0.05) is 41.4 Å². The fourth-order valence-corrected chi connectivity index (χ4v) is 3.15. The summed E-state index contributed by atoms with van der Waals surface area (Å²) in [5.41, 5.74) is 7.80. The molecular weight excluding hydrogens is 296 g/mol. The molecule has 0 aliphatic heterocycles. The second-order valence-electron chi connectivity index (χ2n) is 4.50. The zero-order valence-corrected chi connectivity index (χ0v) is 12.5. The summed E-state index contributed by atoms with van der Waals surface area (Å²) in [5, 5.41) is 0.403. The molecule has 0 spiro atoms. The Labute approximate surface area is 123 Å². The van der Waals surface area contributed by atoms with Crippen molar-refractivity contribution in [3.8, 4) is 0 Å². The first-order chi connectivity index (χ1) is 9.38. The highest BCUT2D eigenvalue weighted by molar-refractivity contribution is 7.89. The van der Waals surface area contributed by atoms with E-state index >= 15 is 0 Å². The van der Waals surface area contributed by atoms with Gasteiger partial charge in [-0.05, 0) is 30.7 Å². The maximum atomic E-state index is 12.2. The fraction of sp³-hybridized carbons (Fsp3) is 0.143. The molecule has 0 amide bonds. The van der Waals surface area contributed by atoms with Gasteiger partial charge >= 0.3 is 0 Å². The van der Waals surface area contributed by atoms with E-state index < -0.39 is 10.0 Å². The number of anilines is 1. The zero-order chi connectivity index (χ0) is 14.8. The first-order valence-electron chi connectivity index (χ1n) is 5.99. The van der Waals surface area contributed by atoms with Crippen molar-refractivity contribution >= 4 is 27.3 Å². The van der Waals surface area contributed by atoms with E-state index in [1.165, 1.54) is 18.2 Å². The van der Waals surface area contributed by atoms with Gasteiger partial charge in [-0.15, -0.1) is 0 Å². The standard InChI is InChI=1S/C14H15ClN2O2S/c1-10-3-2-4-11(7-10)9-17-20(18,19)14-6-5-12(15)8-13(14)16/h2-8,17H,9,16H2,1H3. The van der Waals surface area contributed by atoms with Gasteiger partial charge in [0.15, 0.2) is 0 Å². The Balaban J connectivity index is 2.19. The number of nitrogens with one attached hydrogen (secondary N) is 1. The monoisotopic (exact) mass is 310 g/mol. The summed E-state index contributed by atoms with van der Waals surface area (Å²) >= 11 is 5.76. The molecule has 0 fully saturated rings. The van der Waals surface area contributed by atoms with Gasteiger partial charge in [0.25, 0.3) is 0 Å². The molecule has 0 heterocycles. The van der Waals surface area contributed by atoms with Crippen molar-refractivity contribution in [1.29, 1.82) is 0 Å². The molecule has 0 aromatic heterocycles. The smallest absolute Gasteiger partial charge is 0.242 e. The number of benzene rings is 2. The lowest BCUT2D eigenvalue weighted by Gasteiger charge is -2.09. The molecule has 0 saturated heterocycles. The van der Waals surface area contributed by atoms with Crippen LogP contribution in [-0.4, -0.2) is 8.42 Å². The number of rotatable bonds is 4. The molecule has 0 bridgehead atoms. The van der Waals surface area contributed by atoms with Gasteiger partial charge in [0, 0.05) is 11.6 Å². The quantitative estimate of drug-likeness (QED) is 0.853. The van der Waals surface area contributed by atoms with E-state index in [4.69, 9.17) is 17.3 Å². The van der Waals surface area contributed by atoms with Crippen LogP contribution in [0.3, 0.4) is 0 Å². The van der Waals surface area contributed by atoms with Crippen molar-refractivity contribution in [2.45, 2.75) is 18.4 Å². The maximum Gasteiger partial charge on any atom is 0.242 e. The number of sulfonamides is 1. The predicted molar refractivity (Wildman–Crippen MR) is 81.1 cm³/mol. The Morgan fingerprint density at radius 1 is 1.20 bits per heavy atom. The van der Waals surface area contributed by atoms with Gasteiger partial charge < -0.3 is 5.73 Å². The van der Waals surface area contributed by atoms with Gasteiger partial charge in [-0.3, -0.25) is 0 Å². The van der Waals surface area contributed by atoms with Crippen LogP contribution >= 0.6 is 11.6 Å². The van der Waals surface area contributed by atoms with Crippen LogP contribution in [-0.2, 0) is 16.6 Å². The topological polar surface area (TPSA) is 72.2 Å². The van der Waals surface area contributed by atoms with E-state index in [0.29, 0.717) is 5.02 Å². The zero-order valence-electron chi connectivity index (χ0n) is 10.9.